The summed E-state index contributed by atoms with van der Waals surface area (Å²) >= 11 is 0. The first-order valence-electron chi connectivity index (χ1n) is 6.27. The van der Waals surface area contributed by atoms with Gasteiger partial charge in [-0.05, 0) is 30.7 Å². The first kappa shape index (κ1) is 13.4. The van der Waals surface area contributed by atoms with Crippen LogP contribution in [0.2, 0.25) is 0 Å². The molecule has 4 nitrogen and oxygen atoms in total. The second-order valence-corrected chi connectivity index (χ2v) is 4.33. The first-order chi connectivity index (χ1) is 9.25. The van der Waals surface area contributed by atoms with Crippen molar-refractivity contribution in [3.8, 4) is 5.75 Å². The smallest absolute Gasteiger partial charge is 0.125 e. The third-order valence-electron chi connectivity index (χ3n) is 2.71. The van der Waals surface area contributed by atoms with Gasteiger partial charge in [-0.15, -0.1) is 0 Å². The Morgan fingerprint density at radius 3 is 2.74 bits per heavy atom. The third kappa shape index (κ3) is 4.26. The highest BCUT2D eigenvalue weighted by molar-refractivity contribution is 5.33. The second kappa shape index (κ2) is 6.75. The number of rotatable bonds is 6. The number of aryl methyl sites for hydroxylation is 1. The Bertz CT molecular complexity index is 503. The molecule has 4 heteroatoms. The fourth-order valence-corrected chi connectivity index (χ4v) is 1.65. The second-order valence-electron chi connectivity index (χ2n) is 4.33. The molecular weight excluding hydrogens is 240 g/mol. The summed E-state index contributed by atoms with van der Waals surface area (Å²) in [6.07, 6.45) is 1.13. The van der Waals surface area contributed by atoms with Gasteiger partial charge >= 0.3 is 0 Å². The molecule has 1 heterocycles. The van der Waals surface area contributed by atoms with Gasteiger partial charge < -0.3 is 15.2 Å². The molecule has 2 aromatic rings. The van der Waals surface area contributed by atoms with E-state index in [0.29, 0.717) is 6.54 Å². The SMILES string of the molecule is Cc1ccccc1OC[C@@H](O)CNc1ccccn1. The topological polar surface area (TPSA) is 54.4 Å². The average Bonchev–Trinajstić information content (AvgIpc) is 2.45. The lowest BCUT2D eigenvalue weighted by atomic mass is 10.2. The molecule has 0 bridgehead atoms. The van der Waals surface area contributed by atoms with E-state index in [-0.39, 0.29) is 6.61 Å². The van der Waals surface area contributed by atoms with Crippen molar-refractivity contribution in [1.82, 2.24) is 4.98 Å². The van der Waals surface area contributed by atoms with Crippen LogP contribution in [0.15, 0.2) is 48.7 Å². The summed E-state index contributed by atoms with van der Waals surface area (Å²) in [7, 11) is 0. The maximum atomic E-state index is 9.85. The van der Waals surface area contributed by atoms with Crippen LogP contribution in [-0.2, 0) is 0 Å². The van der Waals surface area contributed by atoms with E-state index in [1.54, 1.807) is 6.20 Å². The van der Waals surface area contributed by atoms with Crippen LogP contribution in [0.1, 0.15) is 5.56 Å². The number of nitrogens with zero attached hydrogens (tertiary/aromatic N) is 1. The largest absolute Gasteiger partial charge is 0.491 e. The molecule has 1 aromatic carbocycles. The molecule has 0 radical (unpaired) electrons. The number of nitrogens with one attached hydrogen (secondary N) is 1. The summed E-state index contributed by atoms with van der Waals surface area (Å²) in [4.78, 5) is 4.12. The van der Waals surface area contributed by atoms with E-state index in [4.69, 9.17) is 4.74 Å². The minimum Gasteiger partial charge on any atom is -0.491 e. The predicted molar refractivity (Wildman–Crippen MR) is 75.4 cm³/mol. The summed E-state index contributed by atoms with van der Waals surface area (Å²) in [5, 5.41) is 12.9. The molecule has 19 heavy (non-hydrogen) atoms. The lowest BCUT2D eigenvalue weighted by Gasteiger charge is -2.14. The Morgan fingerprint density at radius 1 is 1.21 bits per heavy atom. The van der Waals surface area contributed by atoms with Gasteiger partial charge in [0, 0.05) is 12.7 Å². The van der Waals surface area contributed by atoms with Crippen molar-refractivity contribution in [2.45, 2.75) is 13.0 Å². The van der Waals surface area contributed by atoms with Crippen LogP contribution >= 0.6 is 0 Å². The number of pyridine rings is 1. The van der Waals surface area contributed by atoms with Gasteiger partial charge in [0.1, 0.15) is 24.3 Å². The van der Waals surface area contributed by atoms with Crippen LogP contribution in [0.4, 0.5) is 5.82 Å². The minimum atomic E-state index is -0.582. The Balaban J connectivity index is 1.76. The van der Waals surface area contributed by atoms with Crippen LogP contribution in [-0.4, -0.2) is 29.3 Å². The number of aromatic nitrogens is 1. The van der Waals surface area contributed by atoms with Crippen LogP contribution in [0, 0.1) is 6.92 Å². The van der Waals surface area contributed by atoms with E-state index < -0.39 is 6.10 Å². The molecule has 100 valence electrons. The number of para-hydroxylation sites is 1. The molecule has 0 aliphatic carbocycles. The Kier molecular flexibility index (Phi) is 4.75. The van der Waals surface area contributed by atoms with Gasteiger partial charge in [-0.3, -0.25) is 0 Å². The van der Waals surface area contributed by atoms with Crippen molar-refractivity contribution in [3.63, 3.8) is 0 Å². The number of aliphatic hydroxyl groups is 1. The Morgan fingerprint density at radius 2 is 2.00 bits per heavy atom. The van der Waals surface area contributed by atoms with Gasteiger partial charge in [-0.25, -0.2) is 4.98 Å². The van der Waals surface area contributed by atoms with Crippen molar-refractivity contribution < 1.29 is 9.84 Å². The van der Waals surface area contributed by atoms with Crippen molar-refractivity contribution in [3.05, 3.63) is 54.2 Å². The highest BCUT2D eigenvalue weighted by atomic mass is 16.5. The third-order valence-corrected chi connectivity index (χ3v) is 2.71. The van der Waals surface area contributed by atoms with E-state index in [2.05, 4.69) is 10.3 Å². The number of aliphatic hydroxyl groups excluding tert-OH is 1. The minimum absolute atomic E-state index is 0.255. The zero-order chi connectivity index (χ0) is 13.5. The summed E-state index contributed by atoms with van der Waals surface area (Å²) in [5.74, 6) is 1.55. The molecule has 0 unspecified atom stereocenters. The van der Waals surface area contributed by atoms with Crippen LogP contribution in [0.5, 0.6) is 5.75 Å². The fraction of sp³-hybridized carbons (Fsp3) is 0.267. The number of benzene rings is 1. The van der Waals surface area contributed by atoms with E-state index in [0.717, 1.165) is 17.1 Å². The van der Waals surface area contributed by atoms with Gasteiger partial charge in [0.25, 0.3) is 0 Å². The average molecular weight is 258 g/mol. The molecule has 1 atom stereocenters. The highest BCUT2D eigenvalue weighted by Gasteiger charge is 2.06. The molecular formula is C15H18N2O2. The van der Waals surface area contributed by atoms with Gasteiger partial charge in [-0.2, -0.15) is 0 Å². The van der Waals surface area contributed by atoms with E-state index in [9.17, 15) is 5.11 Å². The predicted octanol–water partition coefficient (Wildman–Crippen LogP) is 2.24. The van der Waals surface area contributed by atoms with Crippen molar-refractivity contribution >= 4 is 5.82 Å². The lowest BCUT2D eigenvalue weighted by Crippen LogP contribution is -2.26. The first-order valence-corrected chi connectivity index (χ1v) is 6.27. The number of anilines is 1. The Hall–Kier alpha value is -2.07. The molecule has 0 saturated carbocycles. The van der Waals surface area contributed by atoms with E-state index in [1.165, 1.54) is 0 Å². The van der Waals surface area contributed by atoms with Crippen LogP contribution < -0.4 is 10.1 Å². The van der Waals surface area contributed by atoms with Gasteiger partial charge in [0.05, 0.1) is 0 Å². The molecule has 0 amide bonds. The van der Waals surface area contributed by atoms with Crippen molar-refractivity contribution in [1.29, 1.82) is 0 Å². The monoisotopic (exact) mass is 258 g/mol. The maximum Gasteiger partial charge on any atom is 0.125 e. The molecule has 2 rings (SSSR count). The summed E-state index contributed by atoms with van der Waals surface area (Å²) in [6.45, 7) is 2.64. The van der Waals surface area contributed by atoms with Crippen LogP contribution in [0.25, 0.3) is 0 Å². The Labute approximate surface area is 113 Å². The van der Waals surface area contributed by atoms with Gasteiger partial charge in [0.2, 0.25) is 0 Å². The highest BCUT2D eigenvalue weighted by Crippen LogP contribution is 2.16. The molecule has 1 aromatic heterocycles. The van der Waals surface area contributed by atoms with E-state index >= 15 is 0 Å². The summed E-state index contributed by atoms with van der Waals surface area (Å²) in [5.41, 5.74) is 1.06. The summed E-state index contributed by atoms with van der Waals surface area (Å²) < 4.78 is 5.58. The molecule has 2 N–H and O–H groups in total. The van der Waals surface area contributed by atoms with Crippen molar-refractivity contribution in [2.24, 2.45) is 0 Å². The quantitative estimate of drug-likeness (QED) is 0.834. The molecule has 0 aliphatic rings. The van der Waals surface area contributed by atoms with Crippen molar-refractivity contribution in [2.75, 3.05) is 18.5 Å². The van der Waals surface area contributed by atoms with Gasteiger partial charge in [0.15, 0.2) is 0 Å². The molecule has 0 fully saturated rings. The lowest BCUT2D eigenvalue weighted by molar-refractivity contribution is 0.117. The number of hydrogen-bond acceptors (Lipinski definition) is 4. The summed E-state index contributed by atoms with van der Waals surface area (Å²) in [6, 6.07) is 13.4. The standard InChI is InChI=1S/C15H18N2O2/c1-12-6-2-3-7-14(12)19-11-13(18)10-17-15-8-4-5-9-16-15/h2-9,13,18H,10-11H2,1H3,(H,16,17)/t13-/m0/s1. The molecule has 0 aliphatic heterocycles. The van der Waals surface area contributed by atoms with Gasteiger partial charge in [-0.1, -0.05) is 24.3 Å². The fourth-order valence-electron chi connectivity index (χ4n) is 1.65. The normalized spacial score (nSPS) is 11.9. The number of ether oxygens (including phenoxy) is 1. The number of hydrogen-bond donors (Lipinski definition) is 2. The van der Waals surface area contributed by atoms with E-state index in [1.807, 2.05) is 49.4 Å². The zero-order valence-corrected chi connectivity index (χ0v) is 10.9. The maximum absolute atomic E-state index is 9.85. The zero-order valence-electron chi connectivity index (χ0n) is 10.9. The molecule has 0 saturated heterocycles. The van der Waals surface area contributed by atoms with Crippen LogP contribution in [0.3, 0.4) is 0 Å². The molecule has 0 spiro atoms.